The molecular formula is C28H27N5O5S. The highest BCUT2D eigenvalue weighted by atomic mass is 32.2. The maximum atomic E-state index is 13.1. The molecule has 0 aliphatic carbocycles. The second-order valence-electron chi connectivity index (χ2n) is 8.95. The Balaban J connectivity index is 1.22. The molecule has 2 aromatic carbocycles. The summed E-state index contributed by atoms with van der Waals surface area (Å²) in [7, 11) is -3.89. The Labute approximate surface area is 226 Å². The molecule has 1 saturated heterocycles. The second-order valence-corrected chi connectivity index (χ2v) is 10.6. The molecule has 0 atom stereocenters. The van der Waals surface area contributed by atoms with Crippen LogP contribution in [0.5, 0.6) is 0 Å². The quantitative estimate of drug-likeness (QED) is 0.350. The van der Waals surface area contributed by atoms with E-state index in [1.807, 2.05) is 0 Å². The standard InChI is InChI=1S/C28H27N5O5S/c1-2-38-28(35)22-17-24(19-29-18-22)32-13-15-33(16-14-32)27(34)21-8-10-23(11-9-21)31-39(36,37)25-7-3-5-20-6-4-12-30-26(20)25/h3-12,17-19,31H,2,13-16H2,1H3. The van der Waals surface area contributed by atoms with Crippen LogP contribution in [0.25, 0.3) is 10.9 Å². The number of pyridine rings is 2. The van der Waals surface area contributed by atoms with E-state index in [4.69, 9.17) is 4.74 Å². The highest BCUT2D eigenvalue weighted by molar-refractivity contribution is 7.93. The Kier molecular flexibility index (Phi) is 7.42. The number of carbonyl (C=O) groups is 2. The van der Waals surface area contributed by atoms with Crippen molar-refractivity contribution in [2.24, 2.45) is 0 Å². The van der Waals surface area contributed by atoms with Crippen molar-refractivity contribution in [3.63, 3.8) is 0 Å². The lowest BCUT2D eigenvalue weighted by Gasteiger charge is -2.36. The molecule has 11 heteroatoms. The molecule has 1 fully saturated rings. The van der Waals surface area contributed by atoms with Crippen LogP contribution in [0.4, 0.5) is 11.4 Å². The number of carbonyl (C=O) groups excluding carboxylic acids is 2. The summed E-state index contributed by atoms with van der Waals surface area (Å²) in [5.41, 5.74) is 2.38. The van der Waals surface area contributed by atoms with Gasteiger partial charge in [0.25, 0.3) is 15.9 Å². The molecule has 200 valence electrons. The molecule has 1 aliphatic heterocycles. The molecule has 1 amide bonds. The summed E-state index contributed by atoms with van der Waals surface area (Å²) >= 11 is 0. The smallest absolute Gasteiger partial charge is 0.339 e. The third kappa shape index (κ3) is 5.68. The number of hydrogen-bond acceptors (Lipinski definition) is 8. The summed E-state index contributed by atoms with van der Waals surface area (Å²) in [4.78, 5) is 37.4. The van der Waals surface area contributed by atoms with Gasteiger partial charge in [-0.2, -0.15) is 0 Å². The lowest BCUT2D eigenvalue weighted by Crippen LogP contribution is -2.48. The highest BCUT2D eigenvalue weighted by Gasteiger charge is 2.24. The zero-order valence-electron chi connectivity index (χ0n) is 21.3. The molecule has 0 spiro atoms. The first-order valence-corrected chi connectivity index (χ1v) is 14.0. The fourth-order valence-electron chi connectivity index (χ4n) is 4.46. The van der Waals surface area contributed by atoms with Gasteiger partial charge in [-0.1, -0.05) is 18.2 Å². The number of esters is 1. The molecule has 0 radical (unpaired) electrons. The largest absolute Gasteiger partial charge is 0.462 e. The van der Waals surface area contributed by atoms with Crippen LogP contribution in [0.2, 0.25) is 0 Å². The van der Waals surface area contributed by atoms with Crippen LogP contribution in [0.1, 0.15) is 27.6 Å². The summed E-state index contributed by atoms with van der Waals surface area (Å²) in [6.07, 6.45) is 4.72. The number of sulfonamides is 1. The van der Waals surface area contributed by atoms with Gasteiger partial charge < -0.3 is 14.5 Å². The predicted molar refractivity (Wildman–Crippen MR) is 147 cm³/mol. The van der Waals surface area contributed by atoms with Gasteiger partial charge in [0.2, 0.25) is 0 Å². The first-order valence-electron chi connectivity index (χ1n) is 12.5. The number of amides is 1. The van der Waals surface area contributed by atoms with Crippen LogP contribution in [0, 0.1) is 0 Å². The van der Waals surface area contributed by atoms with Crippen molar-refractivity contribution in [2.75, 3.05) is 42.4 Å². The fourth-order valence-corrected chi connectivity index (χ4v) is 5.70. The van der Waals surface area contributed by atoms with E-state index < -0.39 is 16.0 Å². The number of ether oxygens (including phenoxy) is 1. The number of aromatic nitrogens is 2. The van der Waals surface area contributed by atoms with Gasteiger partial charge >= 0.3 is 5.97 Å². The van der Waals surface area contributed by atoms with Crippen LogP contribution in [-0.4, -0.2) is 67.9 Å². The number of nitrogens with one attached hydrogen (secondary N) is 1. The number of hydrogen-bond donors (Lipinski definition) is 1. The molecule has 39 heavy (non-hydrogen) atoms. The highest BCUT2D eigenvalue weighted by Crippen LogP contribution is 2.24. The van der Waals surface area contributed by atoms with Crippen LogP contribution >= 0.6 is 0 Å². The van der Waals surface area contributed by atoms with Gasteiger partial charge in [0.1, 0.15) is 4.90 Å². The number of fused-ring (bicyclic) bond motifs is 1. The van der Waals surface area contributed by atoms with Crippen LogP contribution < -0.4 is 9.62 Å². The van der Waals surface area contributed by atoms with Gasteiger partial charge in [0, 0.05) is 55.2 Å². The van der Waals surface area contributed by atoms with Crippen LogP contribution in [0.15, 0.2) is 84.1 Å². The van der Waals surface area contributed by atoms with Crippen LogP contribution in [-0.2, 0) is 14.8 Å². The van der Waals surface area contributed by atoms with Gasteiger partial charge in [-0.15, -0.1) is 0 Å². The van der Waals surface area contributed by atoms with Crippen molar-refractivity contribution in [2.45, 2.75) is 11.8 Å². The molecule has 5 rings (SSSR count). The summed E-state index contributed by atoms with van der Waals surface area (Å²) in [6.45, 7) is 4.18. The van der Waals surface area contributed by atoms with E-state index in [0.717, 1.165) is 11.1 Å². The molecule has 0 bridgehead atoms. The molecule has 2 aromatic heterocycles. The SMILES string of the molecule is CCOC(=O)c1cncc(N2CCN(C(=O)c3ccc(NS(=O)(=O)c4cccc5cccnc45)cc3)CC2)c1. The van der Waals surface area contributed by atoms with Gasteiger partial charge in [0.15, 0.2) is 0 Å². The maximum absolute atomic E-state index is 13.1. The van der Waals surface area contributed by atoms with Crippen molar-refractivity contribution in [3.05, 3.63) is 90.4 Å². The number of benzene rings is 2. The van der Waals surface area contributed by atoms with Crippen molar-refractivity contribution in [1.29, 1.82) is 0 Å². The Hall–Kier alpha value is -4.51. The number of para-hydroxylation sites is 1. The molecule has 1 N–H and O–H groups in total. The van der Waals surface area contributed by atoms with Crippen molar-refractivity contribution in [3.8, 4) is 0 Å². The minimum Gasteiger partial charge on any atom is -0.462 e. The first kappa shape index (κ1) is 26.1. The number of piperazine rings is 1. The average molecular weight is 546 g/mol. The van der Waals surface area contributed by atoms with Crippen molar-refractivity contribution in [1.82, 2.24) is 14.9 Å². The normalized spacial score (nSPS) is 13.8. The lowest BCUT2D eigenvalue weighted by atomic mass is 10.1. The molecule has 10 nitrogen and oxygen atoms in total. The summed E-state index contributed by atoms with van der Waals surface area (Å²) in [5, 5.41) is 0.726. The summed E-state index contributed by atoms with van der Waals surface area (Å²) < 4.78 is 33.7. The molecule has 0 unspecified atom stereocenters. The average Bonchev–Trinajstić information content (AvgIpc) is 2.97. The van der Waals surface area contributed by atoms with E-state index in [1.165, 1.54) is 12.3 Å². The van der Waals surface area contributed by atoms with Gasteiger partial charge in [-0.3, -0.25) is 19.5 Å². The molecule has 1 aliphatic rings. The molecule has 4 aromatic rings. The van der Waals surface area contributed by atoms with Crippen LogP contribution in [0.3, 0.4) is 0 Å². The Morgan fingerprint density at radius 3 is 2.44 bits per heavy atom. The van der Waals surface area contributed by atoms with Crippen molar-refractivity contribution >= 4 is 44.2 Å². The van der Waals surface area contributed by atoms with E-state index >= 15 is 0 Å². The minimum atomic E-state index is -3.89. The fraction of sp³-hybridized carbons (Fsp3) is 0.214. The van der Waals surface area contributed by atoms with E-state index in [-0.39, 0.29) is 10.8 Å². The topological polar surface area (TPSA) is 122 Å². The number of anilines is 2. The summed E-state index contributed by atoms with van der Waals surface area (Å²) in [5.74, 6) is -0.555. The molecular weight excluding hydrogens is 518 g/mol. The molecule has 0 saturated carbocycles. The Morgan fingerprint density at radius 1 is 0.949 bits per heavy atom. The van der Waals surface area contributed by atoms with E-state index in [2.05, 4.69) is 19.6 Å². The van der Waals surface area contributed by atoms with E-state index in [9.17, 15) is 18.0 Å². The van der Waals surface area contributed by atoms with Gasteiger partial charge in [-0.25, -0.2) is 13.2 Å². The second kappa shape index (κ2) is 11.1. The minimum absolute atomic E-state index is 0.0848. The first-order chi connectivity index (χ1) is 18.9. The third-order valence-electron chi connectivity index (χ3n) is 6.44. The lowest BCUT2D eigenvalue weighted by molar-refractivity contribution is 0.0525. The van der Waals surface area contributed by atoms with Crippen molar-refractivity contribution < 1.29 is 22.7 Å². The zero-order chi connectivity index (χ0) is 27.4. The number of rotatable bonds is 7. The number of nitrogens with zero attached hydrogens (tertiary/aromatic N) is 4. The summed E-state index contributed by atoms with van der Waals surface area (Å²) in [6, 6.07) is 16.7. The van der Waals surface area contributed by atoms with Gasteiger partial charge in [-0.05, 0) is 49.4 Å². The monoisotopic (exact) mass is 545 g/mol. The van der Waals surface area contributed by atoms with Gasteiger partial charge in [0.05, 0.1) is 29.6 Å². The maximum Gasteiger partial charge on any atom is 0.339 e. The van der Waals surface area contributed by atoms with E-state index in [1.54, 1.807) is 78.8 Å². The molecule has 3 heterocycles. The zero-order valence-corrected chi connectivity index (χ0v) is 22.1. The predicted octanol–water partition coefficient (Wildman–Crippen LogP) is 3.57. The van der Waals surface area contributed by atoms with E-state index in [0.29, 0.717) is 55.1 Å². The Morgan fingerprint density at radius 2 is 1.69 bits per heavy atom. The third-order valence-corrected chi connectivity index (χ3v) is 7.85. The Bertz CT molecular complexity index is 1610.